The summed E-state index contributed by atoms with van der Waals surface area (Å²) in [4.78, 5) is 18.6. The summed E-state index contributed by atoms with van der Waals surface area (Å²) < 4.78 is 5.12. The molecule has 21 heavy (non-hydrogen) atoms. The molecular formula is C16H25N3O2. The molecule has 116 valence electrons. The van der Waals surface area contributed by atoms with Gasteiger partial charge in [-0.25, -0.2) is 9.78 Å². The van der Waals surface area contributed by atoms with Gasteiger partial charge in [0.25, 0.3) is 0 Å². The van der Waals surface area contributed by atoms with Gasteiger partial charge in [0.05, 0.1) is 18.5 Å². The molecule has 0 atom stereocenters. The van der Waals surface area contributed by atoms with Crippen molar-refractivity contribution < 1.29 is 9.53 Å². The van der Waals surface area contributed by atoms with Crippen molar-refractivity contribution in [2.24, 2.45) is 0 Å². The van der Waals surface area contributed by atoms with E-state index < -0.39 is 0 Å². The highest BCUT2D eigenvalue weighted by Crippen LogP contribution is 2.27. The lowest BCUT2D eigenvalue weighted by atomic mass is 10.1. The lowest BCUT2D eigenvalue weighted by Crippen LogP contribution is -2.33. The van der Waals surface area contributed by atoms with Crippen LogP contribution in [0.5, 0.6) is 0 Å². The summed E-state index contributed by atoms with van der Waals surface area (Å²) in [6.07, 6.45) is 8.95. The molecule has 2 N–H and O–H groups in total. The molecule has 1 heterocycles. The molecule has 1 fully saturated rings. The second kappa shape index (κ2) is 7.29. The van der Waals surface area contributed by atoms with Crippen molar-refractivity contribution in [3.8, 4) is 0 Å². The molecule has 2 rings (SSSR count). The number of hydrogen-bond donors (Lipinski definition) is 1. The van der Waals surface area contributed by atoms with Gasteiger partial charge < -0.3 is 15.4 Å². The maximum Gasteiger partial charge on any atom is 0.341 e. The summed E-state index contributed by atoms with van der Waals surface area (Å²) in [5.74, 6) is 0.322. The Hall–Kier alpha value is -1.78. The molecule has 0 aliphatic heterocycles. The first-order valence-electron chi connectivity index (χ1n) is 7.79. The summed E-state index contributed by atoms with van der Waals surface area (Å²) in [6, 6.07) is 2.09. The van der Waals surface area contributed by atoms with Gasteiger partial charge in [-0.05, 0) is 25.8 Å². The van der Waals surface area contributed by atoms with Gasteiger partial charge in [0.2, 0.25) is 0 Å². The molecule has 0 radical (unpaired) electrons. The van der Waals surface area contributed by atoms with E-state index in [9.17, 15) is 4.79 Å². The van der Waals surface area contributed by atoms with Crippen LogP contribution in [0.2, 0.25) is 0 Å². The third kappa shape index (κ3) is 3.86. The molecule has 5 nitrogen and oxygen atoms in total. The van der Waals surface area contributed by atoms with Gasteiger partial charge in [0.1, 0.15) is 11.4 Å². The first-order valence-corrected chi connectivity index (χ1v) is 7.79. The zero-order valence-electron chi connectivity index (χ0n) is 13.0. The quantitative estimate of drug-likeness (QED) is 0.682. The van der Waals surface area contributed by atoms with Crippen molar-refractivity contribution in [2.75, 3.05) is 24.3 Å². The summed E-state index contributed by atoms with van der Waals surface area (Å²) >= 11 is 0. The number of carbonyl (C=O) groups excluding carboxylic acids is 1. The Balaban J connectivity index is 2.26. The van der Waals surface area contributed by atoms with Gasteiger partial charge in [-0.15, -0.1) is 0 Å². The number of ether oxygens (including phenoxy) is 1. The average molecular weight is 291 g/mol. The van der Waals surface area contributed by atoms with Crippen molar-refractivity contribution in [1.29, 1.82) is 0 Å². The third-order valence-electron chi connectivity index (χ3n) is 4.09. The molecule has 1 aliphatic rings. The second-order valence-electron chi connectivity index (χ2n) is 5.62. The number of esters is 1. The zero-order chi connectivity index (χ0) is 15.2. The Bertz CT molecular complexity index is 482. The van der Waals surface area contributed by atoms with Crippen LogP contribution in [0, 0.1) is 0 Å². The molecule has 0 saturated heterocycles. The number of carbonyl (C=O) groups is 1. The molecule has 1 aromatic rings. The minimum atomic E-state index is -0.354. The Labute approximate surface area is 126 Å². The third-order valence-corrected chi connectivity index (χ3v) is 4.09. The Morgan fingerprint density at radius 2 is 2.05 bits per heavy atom. The summed E-state index contributed by atoms with van der Waals surface area (Å²) in [5, 5.41) is 0. The monoisotopic (exact) mass is 291 g/mol. The van der Waals surface area contributed by atoms with E-state index in [0.717, 1.165) is 12.8 Å². The SMILES string of the molecule is CCOC(=O)c1cc(N)cnc1N(C)C1CCCCCC1. The molecule has 0 unspecified atom stereocenters. The van der Waals surface area contributed by atoms with Crippen LogP contribution in [0.25, 0.3) is 0 Å². The molecule has 5 heteroatoms. The maximum atomic E-state index is 12.1. The largest absolute Gasteiger partial charge is 0.462 e. The van der Waals surface area contributed by atoms with E-state index in [-0.39, 0.29) is 5.97 Å². The Kier molecular flexibility index (Phi) is 5.42. The predicted octanol–water partition coefficient (Wildman–Crippen LogP) is 3.00. The van der Waals surface area contributed by atoms with Crippen LogP contribution in [0.4, 0.5) is 11.5 Å². The fraction of sp³-hybridized carbons (Fsp3) is 0.625. The van der Waals surface area contributed by atoms with Crippen molar-refractivity contribution in [2.45, 2.75) is 51.5 Å². The van der Waals surface area contributed by atoms with Crippen LogP contribution in [0.3, 0.4) is 0 Å². The lowest BCUT2D eigenvalue weighted by Gasteiger charge is -2.29. The van der Waals surface area contributed by atoms with Crippen LogP contribution in [0.1, 0.15) is 55.8 Å². The summed E-state index contributed by atoms with van der Waals surface area (Å²) in [7, 11) is 2.01. The van der Waals surface area contributed by atoms with Crippen LogP contribution in [-0.2, 0) is 4.74 Å². The van der Waals surface area contributed by atoms with E-state index in [2.05, 4.69) is 9.88 Å². The average Bonchev–Trinajstić information content (AvgIpc) is 2.76. The van der Waals surface area contributed by atoms with E-state index in [1.54, 1.807) is 19.2 Å². The predicted molar refractivity (Wildman–Crippen MR) is 84.5 cm³/mol. The minimum absolute atomic E-state index is 0.347. The molecule has 1 saturated carbocycles. The van der Waals surface area contributed by atoms with Crippen molar-refractivity contribution in [1.82, 2.24) is 4.98 Å². The number of anilines is 2. The highest BCUT2D eigenvalue weighted by atomic mass is 16.5. The van der Waals surface area contributed by atoms with Gasteiger partial charge in [0, 0.05) is 13.1 Å². The van der Waals surface area contributed by atoms with E-state index in [0.29, 0.717) is 29.7 Å². The van der Waals surface area contributed by atoms with Crippen molar-refractivity contribution in [3.63, 3.8) is 0 Å². The Morgan fingerprint density at radius 3 is 2.67 bits per heavy atom. The fourth-order valence-electron chi connectivity index (χ4n) is 2.93. The molecular weight excluding hydrogens is 266 g/mol. The molecule has 0 aromatic carbocycles. The van der Waals surface area contributed by atoms with E-state index in [1.807, 2.05) is 7.05 Å². The van der Waals surface area contributed by atoms with Crippen molar-refractivity contribution >= 4 is 17.5 Å². The molecule has 0 bridgehead atoms. The van der Waals surface area contributed by atoms with Gasteiger partial charge >= 0.3 is 5.97 Å². The highest BCUT2D eigenvalue weighted by molar-refractivity contribution is 5.95. The van der Waals surface area contributed by atoms with Crippen LogP contribution >= 0.6 is 0 Å². The lowest BCUT2D eigenvalue weighted by molar-refractivity contribution is 0.0526. The van der Waals surface area contributed by atoms with Crippen LogP contribution in [-0.4, -0.2) is 30.6 Å². The first kappa shape index (κ1) is 15.6. The van der Waals surface area contributed by atoms with Gasteiger partial charge in [-0.2, -0.15) is 0 Å². The number of hydrogen-bond acceptors (Lipinski definition) is 5. The molecule has 1 aliphatic carbocycles. The van der Waals surface area contributed by atoms with Gasteiger partial charge in [-0.3, -0.25) is 0 Å². The number of rotatable bonds is 4. The van der Waals surface area contributed by atoms with Gasteiger partial charge in [0.15, 0.2) is 0 Å². The van der Waals surface area contributed by atoms with E-state index in [1.165, 1.54) is 25.7 Å². The smallest absolute Gasteiger partial charge is 0.341 e. The zero-order valence-corrected chi connectivity index (χ0v) is 13.0. The normalized spacial score (nSPS) is 16.3. The van der Waals surface area contributed by atoms with E-state index in [4.69, 9.17) is 10.5 Å². The first-order chi connectivity index (χ1) is 10.1. The number of nitrogens with zero attached hydrogens (tertiary/aromatic N) is 2. The maximum absolute atomic E-state index is 12.1. The minimum Gasteiger partial charge on any atom is -0.462 e. The molecule has 0 amide bonds. The highest BCUT2D eigenvalue weighted by Gasteiger charge is 2.23. The topological polar surface area (TPSA) is 68.5 Å². The van der Waals surface area contributed by atoms with Crippen LogP contribution < -0.4 is 10.6 Å². The molecule has 0 spiro atoms. The number of nitrogens with two attached hydrogens (primary N) is 1. The Morgan fingerprint density at radius 1 is 1.38 bits per heavy atom. The summed E-state index contributed by atoms with van der Waals surface area (Å²) in [6.45, 7) is 2.15. The standard InChI is InChI=1S/C16H25N3O2/c1-3-21-16(20)14-10-12(17)11-18-15(14)19(2)13-8-6-4-5-7-9-13/h10-11,13H,3-9,17H2,1-2H3. The summed E-state index contributed by atoms with van der Waals surface area (Å²) in [5.41, 5.74) is 6.72. The van der Waals surface area contributed by atoms with Crippen LogP contribution in [0.15, 0.2) is 12.3 Å². The number of pyridine rings is 1. The molecule has 1 aromatic heterocycles. The number of nitrogen functional groups attached to an aromatic ring is 1. The van der Waals surface area contributed by atoms with Gasteiger partial charge in [-0.1, -0.05) is 25.7 Å². The van der Waals surface area contributed by atoms with Crippen molar-refractivity contribution in [3.05, 3.63) is 17.8 Å². The number of aromatic nitrogens is 1. The second-order valence-corrected chi connectivity index (χ2v) is 5.62. The van der Waals surface area contributed by atoms with E-state index >= 15 is 0 Å². The fourth-order valence-corrected chi connectivity index (χ4v) is 2.93.